The van der Waals surface area contributed by atoms with E-state index in [4.69, 9.17) is 4.74 Å². The Balaban J connectivity index is 1.57. The van der Waals surface area contributed by atoms with Gasteiger partial charge in [0.1, 0.15) is 5.75 Å². The SMILES string of the molecule is COc1ccccc1C(=O)Nc1nc(-c2ccc3c(c2)C[C@@H](C)N3S(C)(=O)=O)cs1. The van der Waals surface area contributed by atoms with E-state index in [0.29, 0.717) is 28.6 Å². The Hall–Kier alpha value is -2.91. The van der Waals surface area contributed by atoms with Gasteiger partial charge in [-0.3, -0.25) is 14.4 Å². The number of para-hydroxylation sites is 1. The number of sulfonamides is 1. The molecule has 0 saturated carbocycles. The highest BCUT2D eigenvalue weighted by atomic mass is 32.2. The Morgan fingerprint density at radius 1 is 1.27 bits per heavy atom. The summed E-state index contributed by atoms with van der Waals surface area (Å²) >= 11 is 1.33. The zero-order valence-corrected chi connectivity index (χ0v) is 18.4. The van der Waals surface area contributed by atoms with Crippen LogP contribution in [0, 0.1) is 0 Å². The number of amides is 1. The molecule has 0 radical (unpaired) electrons. The van der Waals surface area contributed by atoms with Gasteiger partial charge in [-0.2, -0.15) is 0 Å². The molecule has 0 bridgehead atoms. The summed E-state index contributed by atoms with van der Waals surface area (Å²) in [4.78, 5) is 17.1. The molecule has 4 rings (SSSR count). The van der Waals surface area contributed by atoms with Crippen LogP contribution in [0.4, 0.5) is 10.8 Å². The number of thiazole rings is 1. The fourth-order valence-corrected chi connectivity index (χ4v) is 5.71. The standard InChI is InChI=1S/C21H21N3O4S2/c1-13-10-15-11-14(8-9-18(15)24(13)30(3,26)27)17-12-29-21(22-17)23-20(25)16-6-4-5-7-19(16)28-2/h4-9,11-13H,10H2,1-3H3,(H,22,23,25)/t13-/m1/s1. The van der Waals surface area contributed by atoms with Crippen molar-refractivity contribution in [3.63, 3.8) is 0 Å². The highest BCUT2D eigenvalue weighted by Crippen LogP contribution is 2.37. The van der Waals surface area contributed by atoms with Crippen LogP contribution in [0.2, 0.25) is 0 Å². The van der Waals surface area contributed by atoms with Gasteiger partial charge in [-0.05, 0) is 43.2 Å². The smallest absolute Gasteiger partial charge is 0.261 e. The second-order valence-corrected chi connectivity index (χ2v) is 9.87. The molecule has 0 aliphatic carbocycles. The molecule has 0 saturated heterocycles. The molecule has 1 N–H and O–H groups in total. The van der Waals surface area contributed by atoms with Crippen molar-refractivity contribution in [1.82, 2.24) is 4.98 Å². The number of fused-ring (bicyclic) bond motifs is 1. The summed E-state index contributed by atoms with van der Waals surface area (Å²) in [5.41, 5.74) is 3.73. The minimum absolute atomic E-state index is 0.114. The largest absolute Gasteiger partial charge is 0.496 e. The molecule has 0 spiro atoms. The van der Waals surface area contributed by atoms with E-state index in [0.717, 1.165) is 16.8 Å². The van der Waals surface area contributed by atoms with Crippen LogP contribution in [-0.2, 0) is 16.4 Å². The monoisotopic (exact) mass is 443 g/mol. The lowest BCUT2D eigenvalue weighted by Crippen LogP contribution is -2.34. The first-order valence-electron chi connectivity index (χ1n) is 9.30. The van der Waals surface area contributed by atoms with Crippen LogP contribution in [0.15, 0.2) is 47.8 Å². The van der Waals surface area contributed by atoms with Crippen LogP contribution >= 0.6 is 11.3 Å². The Kier molecular flexibility index (Phi) is 5.25. The van der Waals surface area contributed by atoms with Crippen molar-refractivity contribution in [3.05, 3.63) is 59.0 Å². The lowest BCUT2D eigenvalue weighted by molar-refractivity contribution is 0.102. The van der Waals surface area contributed by atoms with E-state index in [1.165, 1.54) is 29.0 Å². The fraction of sp³-hybridized carbons (Fsp3) is 0.238. The molecule has 30 heavy (non-hydrogen) atoms. The van der Waals surface area contributed by atoms with Gasteiger partial charge in [-0.15, -0.1) is 11.3 Å². The van der Waals surface area contributed by atoms with E-state index >= 15 is 0 Å². The minimum Gasteiger partial charge on any atom is -0.496 e. The normalized spacial score (nSPS) is 15.7. The zero-order chi connectivity index (χ0) is 21.5. The van der Waals surface area contributed by atoms with Gasteiger partial charge < -0.3 is 4.74 Å². The average molecular weight is 444 g/mol. The lowest BCUT2D eigenvalue weighted by Gasteiger charge is -2.21. The molecule has 2 aromatic carbocycles. The molecule has 1 atom stereocenters. The van der Waals surface area contributed by atoms with Gasteiger partial charge in [0, 0.05) is 17.0 Å². The molecule has 0 unspecified atom stereocenters. The molecule has 3 aromatic rings. The van der Waals surface area contributed by atoms with Crippen molar-refractivity contribution < 1.29 is 17.9 Å². The third kappa shape index (κ3) is 3.78. The van der Waals surface area contributed by atoms with Crippen LogP contribution in [-0.4, -0.2) is 38.7 Å². The quantitative estimate of drug-likeness (QED) is 0.648. The van der Waals surface area contributed by atoms with Gasteiger partial charge in [0.15, 0.2) is 5.13 Å². The summed E-state index contributed by atoms with van der Waals surface area (Å²) in [6.07, 6.45) is 1.88. The fourth-order valence-electron chi connectivity index (χ4n) is 3.73. The molecule has 1 amide bonds. The Morgan fingerprint density at radius 3 is 2.77 bits per heavy atom. The first-order valence-corrected chi connectivity index (χ1v) is 12.0. The number of aromatic nitrogens is 1. The molecular formula is C21H21N3O4S2. The highest BCUT2D eigenvalue weighted by Gasteiger charge is 2.32. The maximum Gasteiger partial charge on any atom is 0.261 e. The molecular weight excluding hydrogens is 422 g/mol. The predicted octanol–water partition coefficient (Wildman–Crippen LogP) is 3.78. The zero-order valence-electron chi connectivity index (χ0n) is 16.7. The maximum atomic E-state index is 12.6. The summed E-state index contributed by atoms with van der Waals surface area (Å²) in [6, 6.07) is 12.5. The van der Waals surface area contributed by atoms with Crippen LogP contribution in [0.1, 0.15) is 22.8 Å². The van der Waals surface area contributed by atoms with Gasteiger partial charge >= 0.3 is 0 Å². The number of ether oxygens (including phenoxy) is 1. The van der Waals surface area contributed by atoms with Crippen molar-refractivity contribution in [3.8, 4) is 17.0 Å². The van der Waals surface area contributed by atoms with Gasteiger partial charge in [-0.25, -0.2) is 13.4 Å². The van der Waals surface area contributed by atoms with Crippen LogP contribution < -0.4 is 14.4 Å². The van der Waals surface area contributed by atoms with E-state index in [-0.39, 0.29) is 11.9 Å². The molecule has 9 heteroatoms. The van der Waals surface area contributed by atoms with Crippen molar-refractivity contribution in [2.45, 2.75) is 19.4 Å². The maximum absolute atomic E-state index is 12.6. The number of carbonyl (C=O) groups is 1. The van der Waals surface area contributed by atoms with Gasteiger partial charge in [0.2, 0.25) is 10.0 Å². The Morgan fingerprint density at radius 2 is 2.03 bits per heavy atom. The van der Waals surface area contributed by atoms with Gasteiger partial charge in [-0.1, -0.05) is 18.2 Å². The van der Waals surface area contributed by atoms with E-state index in [1.54, 1.807) is 24.3 Å². The van der Waals surface area contributed by atoms with E-state index < -0.39 is 10.0 Å². The number of methoxy groups -OCH3 is 1. The second kappa shape index (κ2) is 7.73. The number of nitrogens with one attached hydrogen (secondary N) is 1. The summed E-state index contributed by atoms with van der Waals surface area (Å²) in [5, 5.41) is 5.16. The third-order valence-corrected chi connectivity index (χ3v) is 6.99. The number of nitrogens with zero attached hydrogens (tertiary/aromatic N) is 2. The van der Waals surface area contributed by atoms with Crippen molar-refractivity contribution >= 4 is 38.1 Å². The number of hydrogen-bond donors (Lipinski definition) is 1. The molecule has 156 valence electrons. The highest BCUT2D eigenvalue weighted by molar-refractivity contribution is 7.92. The Labute approximate surface area is 179 Å². The molecule has 1 aromatic heterocycles. The topological polar surface area (TPSA) is 88.6 Å². The first kappa shape index (κ1) is 20.4. The van der Waals surface area contributed by atoms with Gasteiger partial charge in [0.05, 0.1) is 30.3 Å². The van der Waals surface area contributed by atoms with E-state index in [9.17, 15) is 13.2 Å². The van der Waals surface area contributed by atoms with E-state index in [1.807, 2.05) is 30.5 Å². The van der Waals surface area contributed by atoms with Gasteiger partial charge in [0.25, 0.3) is 5.91 Å². The molecule has 1 aliphatic rings. The summed E-state index contributed by atoms with van der Waals surface area (Å²) in [5.74, 6) is 0.204. The predicted molar refractivity (Wildman–Crippen MR) is 119 cm³/mol. The van der Waals surface area contributed by atoms with Crippen LogP contribution in [0.3, 0.4) is 0 Å². The van der Waals surface area contributed by atoms with Crippen LogP contribution in [0.25, 0.3) is 11.3 Å². The summed E-state index contributed by atoms with van der Waals surface area (Å²) in [6.45, 7) is 1.90. The van der Waals surface area contributed by atoms with Crippen molar-refractivity contribution in [2.24, 2.45) is 0 Å². The molecule has 7 nitrogen and oxygen atoms in total. The average Bonchev–Trinajstić information content (AvgIpc) is 3.30. The molecule has 0 fully saturated rings. The minimum atomic E-state index is -3.32. The third-order valence-electron chi connectivity index (χ3n) is 4.96. The number of benzene rings is 2. The number of carbonyl (C=O) groups excluding carboxylic acids is 1. The van der Waals surface area contributed by atoms with Crippen LogP contribution in [0.5, 0.6) is 5.75 Å². The summed E-state index contributed by atoms with van der Waals surface area (Å²) < 4.78 is 30.9. The van der Waals surface area contributed by atoms with Crippen molar-refractivity contribution in [1.29, 1.82) is 0 Å². The molecule has 1 aliphatic heterocycles. The number of rotatable bonds is 5. The van der Waals surface area contributed by atoms with E-state index in [2.05, 4.69) is 10.3 Å². The Bertz CT molecular complexity index is 1220. The first-order chi connectivity index (χ1) is 14.3. The lowest BCUT2D eigenvalue weighted by atomic mass is 10.1. The summed E-state index contributed by atoms with van der Waals surface area (Å²) in [7, 11) is -1.80. The second-order valence-electron chi connectivity index (χ2n) is 7.15. The molecule has 2 heterocycles. The number of anilines is 2. The number of hydrogen-bond acceptors (Lipinski definition) is 6. The van der Waals surface area contributed by atoms with Crippen molar-refractivity contribution in [2.75, 3.05) is 23.0 Å².